The number of nitrogens with one attached hydrogen (secondary N) is 1. The lowest BCUT2D eigenvalue weighted by Gasteiger charge is -2.30. The van der Waals surface area contributed by atoms with Crippen molar-refractivity contribution in [1.82, 2.24) is 15.1 Å². The van der Waals surface area contributed by atoms with Crippen molar-refractivity contribution in [3.63, 3.8) is 0 Å². The van der Waals surface area contributed by atoms with Crippen LogP contribution in [0.3, 0.4) is 0 Å². The van der Waals surface area contributed by atoms with Gasteiger partial charge in [0.05, 0.1) is 12.2 Å². The molecule has 0 bridgehead atoms. The molecule has 94 valence electrons. The van der Waals surface area contributed by atoms with Crippen molar-refractivity contribution in [3.05, 3.63) is 0 Å². The maximum Gasteiger partial charge on any atom is 0.241 e. The molecule has 1 saturated heterocycles. The van der Waals surface area contributed by atoms with Gasteiger partial charge in [-0.15, -0.1) is 0 Å². The summed E-state index contributed by atoms with van der Waals surface area (Å²) in [6.07, 6.45) is 0.148. The third-order valence-corrected chi connectivity index (χ3v) is 3.13. The molecule has 1 aliphatic rings. The van der Waals surface area contributed by atoms with E-state index in [2.05, 4.69) is 37.9 Å². The summed E-state index contributed by atoms with van der Waals surface area (Å²) < 4.78 is 0. The molecule has 0 saturated carbocycles. The highest BCUT2D eigenvalue weighted by atomic mass is 16.2. The zero-order chi connectivity index (χ0) is 12.5. The van der Waals surface area contributed by atoms with Crippen LogP contribution in [0.15, 0.2) is 0 Å². The number of nitrogens with zero attached hydrogens (tertiary/aromatic N) is 2. The molecular formula is C12H25N3O. The van der Waals surface area contributed by atoms with E-state index in [1.54, 1.807) is 0 Å². The molecule has 0 radical (unpaired) electrons. The first-order chi connectivity index (χ1) is 7.34. The van der Waals surface area contributed by atoms with Crippen LogP contribution in [0.4, 0.5) is 0 Å². The average Bonchev–Trinajstić information content (AvgIpc) is 2.40. The topological polar surface area (TPSA) is 35.6 Å². The maximum absolute atomic E-state index is 12.2. The average molecular weight is 227 g/mol. The molecule has 4 heteroatoms. The minimum atomic E-state index is -0.0142. The van der Waals surface area contributed by atoms with Gasteiger partial charge in [-0.25, -0.2) is 0 Å². The molecule has 1 aliphatic heterocycles. The lowest BCUT2D eigenvalue weighted by Crippen LogP contribution is -2.46. The van der Waals surface area contributed by atoms with Crippen LogP contribution in [-0.2, 0) is 4.79 Å². The fourth-order valence-electron chi connectivity index (χ4n) is 2.46. The number of carbonyl (C=O) groups is 1. The summed E-state index contributed by atoms with van der Waals surface area (Å²) in [6, 6.07) is 0.244. The lowest BCUT2D eigenvalue weighted by molar-refractivity contribution is -0.132. The minimum absolute atomic E-state index is 0.0142. The molecule has 1 fully saturated rings. The van der Waals surface area contributed by atoms with E-state index in [9.17, 15) is 4.79 Å². The number of rotatable bonds is 4. The van der Waals surface area contributed by atoms with E-state index in [0.29, 0.717) is 5.92 Å². The highest BCUT2D eigenvalue weighted by Gasteiger charge is 2.40. The van der Waals surface area contributed by atoms with Crippen LogP contribution in [0.25, 0.3) is 0 Å². The number of likely N-dealkylation sites (N-methyl/N-ethyl adjacent to an activating group) is 1. The Morgan fingerprint density at radius 3 is 2.31 bits per heavy atom. The van der Waals surface area contributed by atoms with Crippen LogP contribution in [-0.4, -0.2) is 54.6 Å². The molecule has 0 aromatic rings. The number of amides is 1. The summed E-state index contributed by atoms with van der Waals surface area (Å²) in [5.41, 5.74) is 0. The van der Waals surface area contributed by atoms with Crippen LogP contribution in [0.5, 0.6) is 0 Å². The Morgan fingerprint density at radius 1 is 1.38 bits per heavy atom. The van der Waals surface area contributed by atoms with Crippen LogP contribution in [0.1, 0.15) is 27.7 Å². The van der Waals surface area contributed by atoms with Gasteiger partial charge >= 0.3 is 0 Å². The Morgan fingerprint density at radius 2 is 1.94 bits per heavy atom. The summed E-state index contributed by atoms with van der Waals surface area (Å²) in [5, 5.41) is 3.37. The largest absolute Gasteiger partial charge is 0.322 e. The first kappa shape index (κ1) is 13.5. The molecule has 16 heavy (non-hydrogen) atoms. The van der Waals surface area contributed by atoms with Crippen LogP contribution in [0, 0.1) is 5.92 Å². The van der Waals surface area contributed by atoms with E-state index in [1.165, 1.54) is 0 Å². The molecule has 3 atom stereocenters. The SMILES string of the molecule is CC(C)C1NC(C)N(C(C)CN(C)C)C1=O. The molecule has 0 aliphatic carbocycles. The Hall–Kier alpha value is -0.610. The quantitative estimate of drug-likeness (QED) is 0.769. The normalized spacial score (nSPS) is 28.2. The maximum atomic E-state index is 12.2. The molecule has 1 N–H and O–H groups in total. The number of hydrogen-bond donors (Lipinski definition) is 1. The predicted molar refractivity (Wildman–Crippen MR) is 66.1 cm³/mol. The van der Waals surface area contributed by atoms with Crippen molar-refractivity contribution in [2.75, 3.05) is 20.6 Å². The fourth-order valence-corrected chi connectivity index (χ4v) is 2.46. The van der Waals surface area contributed by atoms with Crippen molar-refractivity contribution in [1.29, 1.82) is 0 Å². The summed E-state index contributed by atoms with van der Waals surface area (Å²) in [6.45, 7) is 9.25. The van der Waals surface area contributed by atoms with E-state index in [-0.39, 0.29) is 24.2 Å². The monoisotopic (exact) mass is 227 g/mol. The molecule has 1 amide bonds. The third kappa shape index (κ3) is 2.74. The van der Waals surface area contributed by atoms with Crippen molar-refractivity contribution < 1.29 is 4.79 Å². The summed E-state index contributed by atoms with van der Waals surface area (Å²) >= 11 is 0. The van der Waals surface area contributed by atoms with Crippen molar-refractivity contribution >= 4 is 5.91 Å². The van der Waals surface area contributed by atoms with E-state index >= 15 is 0 Å². The molecular weight excluding hydrogens is 202 g/mol. The van der Waals surface area contributed by atoms with Gasteiger partial charge in [0.15, 0.2) is 0 Å². The van der Waals surface area contributed by atoms with Crippen molar-refractivity contribution in [3.8, 4) is 0 Å². The molecule has 0 spiro atoms. The van der Waals surface area contributed by atoms with Crippen LogP contribution < -0.4 is 5.32 Å². The van der Waals surface area contributed by atoms with Gasteiger partial charge in [-0.1, -0.05) is 13.8 Å². The summed E-state index contributed by atoms with van der Waals surface area (Å²) in [4.78, 5) is 16.3. The Balaban J connectivity index is 2.70. The van der Waals surface area contributed by atoms with Gasteiger partial charge in [-0.2, -0.15) is 0 Å². The van der Waals surface area contributed by atoms with Gasteiger partial charge in [-0.3, -0.25) is 10.1 Å². The molecule has 4 nitrogen and oxygen atoms in total. The number of hydrogen-bond acceptors (Lipinski definition) is 3. The van der Waals surface area contributed by atoms with Crippen molar-refractivity contribution in [2.45, 2.75) is 45.9 Å². The second-order valence-corrected chi connectivity index (χ2v) is 5.42. The van der Waals surface area contributed by atoms with Gasteiger partial charge < -0.3 is 9.80 Å². The zero-order valence-electron chi connectivity index (χ0n) is 11.3. The summed E-state index contributed by atoms with van der Waals surface area (Å²) in [5.74, 6) is 0.600. The summed E-state index contributed by atoms with van der Waals surface area (Å²) in [7, 11) is 4.07. The number of carbonyl (C=O) groups excluding carboxylic acids is 1. The predicted octanol–water partition coefficient (Wildman–Crippen LogP) is 0.739. The van der Waals surface area contributed by atoms with Gasteiger partial charge in [0.1, 0.15) is 0 Å². The first-order valence-electron chi connectivity index (χ1n) is 6.07. The van der Waals surface area contributed by atoms with Crippen LogP contribution >= 0.6 is 0 Å². The van der Waals surface area contributed by atoms with E-state index in [0.717, 1.165) is 6.54 Å². The van der Waals surface area contributed by atoms with Crippen LogP contribution in [0.2, 0.25) is 0 Å². The Labute approximate surface area is 99.0 Å². The van der Waals surface area contributed by atoms with E-state index < -0.39 is 0 Å². The third-order valence-electron chi connectivity index (χ3n) is 3.13. The zero-order valence-corrected chi connectivity index (χ0v) is 11.3. The van der Waals surface area contributed by atoms with Gasteiger partial charge in [0.2, 0.25) is 5.91 Å². The Kier molecular flexibility index (Phi) is 4.33. The van der Waals surface area contributed by atoms with Crippen molar-refractivity contribution in [2.24, 2.45) is 5.92 Å². The standard InChI is InChI=1S/C12H25N3O/c1-8(2)11-12(16)15(10(4)13-11)9(3)7-14(5)6/h8-11,13H,7H2,1-6H3. The van der Waals surface area contributed by atoms with Gasteiger partial charge in [-0.05, 0) is 33.9 Å². The molecule has 0 aromatic carbocycles. The van der Waals surface area contributed by atoms with Gasteiger partial charge in [0.25, 0.3) is 0 Å². The fraction of sp³-hybridized carbons (Fsp3) is 0.917. The first-order valence-corrected chi connectivity index (χ1v) is 6.07. The van der Waals surface area contributed by atoms with Gasteiger partial charge in [0, 0.05) is 12.6 Å². The van der Waals surface area contributed by atoms with E-state index in [4.69, 9.17) is 0 Å². The highest BCUT2D eigenvalue weighted by Crippen LogP contribution is 2.19. The second kappa shape index (κ2) is 5.15. The highest BCUT2D eigenvalue weighted by molar-refractivity contribution is 5.84. The molecule has 1 rings (SSSR count). The molecule has 0 aromatic heterocycles. The lowest BCUT2D eigenvalue weighted by atomic mass is 10.0. The minimum Gasteiger partial charge on any atom is -0.322 e. The second-order valence-electron chi connectivity index (χ2n) is 5.42. The molecule has 1 heterocycles. The molecule has 3 unspecified atom stereocenters. The van der Waals surface area contributed by atoms with E-state index in [1.807, 2.05) is 19.0 Å². The Bertz CT molecular complexity index is 253. The smallest absolute Gasteiger partial charge is 0.241 e.